The number of rotatable bonds is 4. The zero-order valence-corrected chi connectivity index (χ0v) is 10.0. The van der Waals surface area contributed by atoms with E-state index in [0.29, 0.717) is 6.04 Å². The normalized spacial score (nSPS) is 15.2. The van der Waals surface area contributed by atoms with Gasteiger partial charge < -0.3 is 15.0 Å². The molecule has 0 atom stereocenters. The van der Waals surface area contributed by atoms with Crippen LogP contribution in [0.4, 0.5) is 5.82 Å². The van der Waals surface area contributed by atoms with Crippen LogP contribution in [0.5, 0.6) is 0 Å². The van der Waals surface area contributed by atoms with Gasteiger partial charge in [-0.15, -0.1) is 0 Å². The van der Waals surface area contributed by atoms with E-state index in [9.17, 15) is 4.79 Å². The number of likely N-dealkylation sites (N-methyl/N-ethyl adjacent to an activating group) is 1. The van der Waals surface area contributed by atoms with Gasteiger partial charge in [0.1, 0.15) is 5.82 Å². The predicted molar refractivity (Wildman–Crippen MR) is 63.0 cm³/mol. The molecule has 2 heterocycles. The second-order valence-electron chi connectivity index (χ2n) is 3.85. The van der Waals surface area contributed by atoms with Gasteiger partial charge in [0.15, 0.2) is 5.69 Å². The molecule has 0 bridgehead atoms. The maximum absolute atomic E-state index is 11.4. The van der Waals surface area contributed by atoms with E-state index < -0.39 is 5.97 Å². The lowest BCUT2D eigenvalue weighted by Gasteiger charge is -2.38. The molecule has 0 spiro atoms. The quantitative estimate of drug-likeness (QED) is 0.746. The maximum atomic E-state index is 11.4. The van der Waals surface area contributed by atoms with E-state index in [1.54, 1.807) is 6.20 Å². The molecule has 92 valence electrons. The van der Waals surface area contributed by atoms with Crippen molar-refractivity contribution in [2.24, 2.45) is 0 Å². The van der Waals surface area contributed by atoms with Gasteiger partial charge in [0.2, 0.25) is 0 Å². The van der Waals surface area contributed by atoms with Crippen LogP contribution >= 0.6 is 0 Å². The summed E-state index contributed by atoms with van der Waals surface area (Å²) >= 11 is 0. The molecule has 6 nitrogen and oxygen atoms in total. The minimum Gasteiger partial charge on any atom is -0.464 e. The topological polar surface area (TPSA) is 67.4 Å². The molecule has 1 aromatic heterocycles. The Balaban J connectivity index is 2.21. The number of anilines is 1. The number of hydrogen-bond acceptors (Lipinski definition) is 6. The molecule has 1 fully saturated rings. The van der Waals surface area contributed by atoms with Gasteiger partial charge in [0, 0.05) is 19.6 Å². The lowest BCUT2D eigenvalue weighted by molar-refractivity contribution is 0.0593. The standard InChI is InChI=1S/C11H16N4O2/c1-3-15(8-4-12-5-8)10-7-13-6-9(14-10)11(16)17-2/h6-8,12H,3-5H2,1-2H3. The lowest BCUT2D eigenvalue weighted by Crippen LogP contribution is -2.57. The van der Waals surface area contributed by atoms with Crippen LogP contribution in [0.1, 0.15) is 17.4 Å². The van der Waals surface area contributed by atoms with Crippen molar-refractivity contribution in [3.8, 4) is 0 Å². The first-order valence-corrected chi connectivity index (χ1v) is 5.64. The summed E-state index contributed by atoms with van der Waals surface area (Å²) in [6.07, 6.45) is 3.09. The van der Waals surface area contributed by atoms with E-state index in [1.807, 2.05) is 0 Å². The van der Waals surface area contributed by atoms with E-state index in [4.69, 9.17) is 0 Å². The molecule has 1 aromatic rings. The van der Waals surface area contributed by atoms with Crippen molar-refractivity contribution in [1.29, 1.82) is 0 Å². The zero-order chi connectivity index (χ0) is 12.3. The summed E-state index contributed by atoms with van der Waals surface area (Å²) < 4.78 is 4.63. The van der Waals surface area contributed by atoms with Gasteiger partial charge in [-0.25, -0.2) is 9.78 Å². The zero-order valence-electron chi connectivity index (χ0n) is 10.0. The first-order valence-electron chi connectivity index (χ1n) is 5.64. The van der Waals surface area contributed by atoms with E-state index in [0.717, 1.165) is 25.5 Å². The van der Waals surface area contributed by atoms with Gasteiger partial charge in [0.25, 0.3) is 0 Å². The van der Waals surface area contributed by atoms with Crippen LogP contribution in [-0.4, -0.2) is 48.7 Å². The number of aromatic nitrogens is 2. The molecule has 1 N–H and O–H groups in total. The number of ether oxygens (including phenoxy) is 1. The smallest absolute Gasteiger partial charge is 0.358 e. The van der Waals surface area contributed by atoms with Gasteiger partial charge >= 0.3 is 5.97 Å². The summed E-state index contributed by atoms with van der Waals surface area (Å²) in [5.41, 5.74) is 0.246. The Kier molecular flexibility index (Phi) is 3.53. The highest BCUT2D eigenvalue weighted by molar-refractivity contribution is 5.87. The summed E-state index contributed by atoms with van der Waals surface area (Å²) in [6, 6.07) is 0.433. The highest BCUT2D eigenvalue weighted by Crippen LogP contribution is 2.15. The summed E-state index contributed by atoms with van der Waals surface area (Å²) in [7, 11) is 1.34. The number of hydrogen-bond donors (Lipinski definition) is 1. The van der Waals surface area contributed by atoms with Gasteiger partial charge in [-0.2, -0.15) is 0 Å². The lowest BCUT2D eigenvalue weighted by atomic mass is 10.1. The molecule has 2 rings (SSSR count). The Morgan fingerprint density at radius 1 is 1.59 bits per heavy atom. The minimum absolute atomic E-state index is 0.246. The van der Waals surface area contributed by atoms with E-state index in [-0.39, 0.29) is 5.69 Å². The largest absolute Gasteiger partial charge is 0.464 e. The average molecular weight is 236 g/mol. The highest BCUT2D eigenvalue weighted by atomic mass is 16.5. The van der Waals surface area contributed by atoms with Gasteiger partial charge in [0.05, 0.1) is 25.5 Å². The Bertz CT molecular complexity index is 406. The molecule has 17 heavy (non-hydrogen) atoms. The van der Waals surface area contributed by atoms with Crippen LogP contribution in [-0.2, 0) is 4.74 Å². The number of nitrogens with one attached hydrogen (secondary N) is 1. The fourth-order valence-corrected chi connectivity index (χ4v) is 1.80. The molecule has 0 aromatic carbocycles. The van der Waals surface area contributed by atoms with E-state index >= 15 is 0 Å². The fraction of sp³-hybridized carbons (Fsp3) is 0.545. The summed E-state index contributed by atoms with van der Waals surface area (Å²) in [5, 5.41) is 3.21. The van der Waals surface area contributed by atoms with Crippen molar-refractivity contribution in [1.82, 2.24) is 15.3 Å². The molecule has 1 aliphatic rings. The van der Waals surface area contributed by atoms with Crippen molar-refractivity contribution in [3.63, 3.8) is 0 Å². The van der Waals surface area contributed by atoms with Crippen LogP contribution < -0.4 is 10.2 Å². The Hall–Kier alpha value is -1.69. The molecule has 0 unspecified atom stereocenters. The monoisotopic (exact) mass is 236 g/mol. The molecule has 1 saturated heterocycles. The summed E-state index contributed by atoms with van der Waals surface area (Å²) in [6.45, 7) is 4.78. The van der Waals surface area contributed by atoms with Crippen molar-refractivity contribution >= 4 is 11.8 Å². The first kappa shape index (κ1) is 11.8. The maximum Gasteiger partial charge on any atom is 0.358 e. The number of methoxy groups -OCH3 is 1. The van der Waals surface area contributed by atoms with Crippen LogP contribution in [0, 0.1) is 0 Å². The number of carbonyl (C=O) groups is 1. The number of esters is 1. The average Bonchev–Trinajstić information content (AvgIpc) is 2.32. The third kappa shape index (κ3) is 2.36. The Morgan fingerprint density at radius 3 is 2.88 bits per heavy atom. The van der Waals surface area contributed by atoms with Crippen LogP contribution in [0.2, 0.25) is 0 Å². The third-order valence-corrected chi connectivity index (χ3v) is 2.85. The molecule has 0 radical (unpaired) electrons. The van der Waals surface area contributed by atoms with E-state index in [1.165, 1.54) is 13.3 Å². The first-order chi connectivity index (χ1) is 8.26. The van der Waals surface area contributed by atoms with Crippen LogP contribution in [0.25, 0.3) is 0 Å². The van der Waals surface area contributed by atoms with Crippen molar-refractivity contribution in [2.75, 3.05) is 31.6 Å². The Labute approximate surface area is 100 Å². The predicted octanol–water partition coefficient (Wildman–Crippen LogP) is 0.0613. The van der Waals surface area contributed by atoms with Gasteiger partial charge in [-0.3, -0.25) is 4.98 Å². The molecule has 0 amide bonds. The minimum atomic E-state index is -0.456. The van der Waals surface area contributed by atoms with Gasteiger partial charge in [-0.1, -0.05) is 0 Å². The molecular formula is C11H16N4O2. The van der Waals surface area contributed by atoms with E-state index in [2.05, 4.69) is 31.8 Å². The van der Waals surface area contributed by atoms with Crippen molar-refractivity contribution in [3.05, 3.63) is 18.1 Å². The SMILES string of the molecule is CCN(c1cncc(C(=O)OC)n1)C1CNC1. The van der Waals surface area contributed by atoms with Crippen molar-refractivity contribution in [2.45, 2.75) is 13.0 Å². The molecule has 0 saturated carbocycles. The Morgan fingerprint density at radius 2 is 2.35 bits per heavy atom. The third-order valence-electron chi connectivity index (χ3n) is 2.85. The molecule has 6 heteroatoms. The van der Waals surface area contributed by atoms with Crippen LogP contribution in [0.3, 0.4) is 0 Å². The van der Waals surface area contributed by atoms with Crippen LogP contribution in [0.15, 0.2) is 12.4 Å². The fourth-order valence-electron chi connectivity index (χ4n) is 1.80. The summed E-state index contributed by atoms with van der Waals surface area (Å²) in [4.78, 5) is 21.8. The number of nitrogens with zero attached hydrogens (tertiary/aromatic N) is 3. The number of carbonyl (C=O) groups excluding carboxylic acids is 1. The molecular weight excluding hydrogens is 220 g/mol. The van der Waals surface area contributed by atoms with Gasteiger partial charge in [-0.05, 0) is 6.92 Å². The second-order valence-corrected chi connectivity index (χ2v) is 3.85. The summed E-state index contributed by atoms with van der Waals surface area (Å²) in [5.74, 6) is 0.268. The van der Waals surface area contributed by atoms with Crippen molar-refractivity contribution < 1.29 is 9.53 Å². The molecule has 1 aliphatic heterocycles. The highest BCUT2D eigenvalue weighted by Gasteiger charge is 2.25. The second kappa shape index (κ2) is 5.09. The molecule has 0 aliphatic carbocycles.